The second kappa shape index (κ2) is 16.0. The molecule has 0 spiro atoms. The van der Waals surface area contributed by atoms with Crippen molar-refractivity contribution in [3.05, 3.63) is 54.1 Å². The number of hydrogen-bond donors (Lipinski definition) is 2. The van der Waals surface area contributed by atoms with Crippen LogP contribution >= 0.6 is 0 Å². The van der Waals surface area contributed by atoms with E-state index < -0.39 is 6.04 Å². The summed E-state index contributed by atoms with van der Waals surface area (Å²) in [4.78, 5) is 42.8. The van der Waals surface area contributed by atoms with Crippen LogP contribution in [0, 0.1) is 5.92 Å². The molecule has 42 heavy (non-hydrogen) atoms. The minimum atomic E-state index is -0.473. The zero-order chi connectivity index (χ0) is 29.7. The number of benzene rings is 2. The Labute approximate surface area is 249 Å². The number of amides is 4. The van der Waals surface area contributed by atoms with Crippen LogP contribution in [-0.2, 0) is 16.1 Å². The van der Waals surface area contributed by atoms with Crippen LogP contribution in [0.1, 0.15) is 70.3 Å². The van der Waals surface area contributed by atoms with Crippen LogP contribution in [0.4, 0.5) is 10.5 Å². The molecule has 228 valence electrons. The Bertz CT molecular complexity index is 1160. The molecule has 1 atom stereocenters. The molecule has 9 heteroatoms. The number of hydrogen-bond acceptors (Lipinski definition) is 5. The van der Waals surface area contributed by atoms with Crippen LogP contribution in [0.5, 0.6) is 11.5 Å². The maximum atomic E-state index is 13.4. The van der Waals surface area contributed by atoms with Gasteiger partial charge in [-0.25, -0.2) is 4.79 Å². The van der Waals surface area contributed by atoms with Gasteiger partial charge in [0.2, 0.25) is 11.8 Å². The Morgan fingerprint density at radius 1 is 0.905 bits per heavy atom. The molecule has 2 saturated heterocycles. The van der Waals surface area contributed by atoms with Gasteiger partial charge in [0, 0.05) is 37.8 Å². The second-order valence-corrected chi connectivity index (χ2v) is 11.2. The number of urea groups is 1. The third-order valence-corrected chi connectivity index (χ3v) is 8.20. The van der Waals surface area contributed by atoms with E-state index in [9.17, 15) is 14.4 Å². The number of rotatable bonds is 13. The smallest absolute Gasteiger partial charge is 0.322 e. The lowest BCUT2D eigenvalue weighted by atomic mass is 9.95. The molecule has 0 bridgehead atoms. The number of nitrogens with zero attached hydrogens (tertiary/aromatic N) is 2. The predicted octanol–water partition coefficient (Wildman–Crippen LogP) is 5.60. The molecule has 2 aliphatic heterocycles. The largest absolute Gasteiger partial charge is 0.497 e. The molecular formula is C33H46N4O5. The van der Waals surface area contributed by atoms with E-state index in [-0.39, 0.29) is 23.8 Å². The van der Waals surface area contributed by atoms with Gasteiger partial charge < -0.3 is 29.9 Å². The van der Waals surface area contributed by atoms with Crippen molar-refractivity contribution in [3.63, 3.8) is 0 Å². The van der Waals surface area contributed by atoms with Gasteiger partial charge in [0.1, 0.15) is 17.5 Å². The SMILES string of the molecule is CCCCCCCOc1ccc(NC(=O)N2CCC[C@H]2C(=O)N2CCC(C(=O)NCc3cccc(OC)c3)CC2)cc1. The van der Waals surface area contributed by atoms with Crippen LogP contribution in [0.25, 0.3) is 0 Å². The Hall–Kier alpha value is -3.75. The zero-order valence-corrected chi connectivity index (χ0v) is 25.1. The van der Waals surface area contributed by atoms with Gasteiger partial charge in [-0.1, -0.05) is 44.7 Å². The second-order valence-electron chi connectivity index (χ2n) is 11.2. The van der Waals surface area contributed by atoms with Crippen molar-refractivity contribution in [3.8, 4) is 11.5 Å². The number of carbonyl (C=O) groups is 3. The van der Waals surface area contributed by atoms with Crippen LogP contribution in [-0.4, -0.2) is 67.0 Å². The fourth-order valence-corrected chi connectivity index (χ4v) is 5.68. The van der Waals surface area contributed by atoms with Gasteiger partial charge in [-0.15, -0.1) is 0 Å². The Kier molecular flexibility index (Phi) is 11.9. The lowest BCUT2D eigenvalue weighted by Crippen LogP contribution is -2.51. The van der Waals surface area contributed by atoms with Gasteiger partial charge >= 0.3 is 6.03 Å². The summed E-state index contributed by atoms with van der Waals surface area (Å²) in [5, 5.41) is 5.97. The summed E-state index contributed by atoms with van der Waals surface area (Å²) >= 11 is 0. The fraction of sp³-hybridized carbons (Fsp3) is 0.545. The summed E-state index contributed by atoms with van der Waals surface area (Å²) in [6.45, 7) is 4.92. The van der Waals surface area contributed by atoms with Gasteiger partial charge in [0.25, 0.3) is 0 Å². The maximum Gasteiger partial charge on any atom is 0.322 e. The first-order valence-corrected chi connectivity index (χ1v) is 15.5. The molecule has 0 saturated carbocycles. The molecule has 2 N–H and O–H groups in total. The van der Waals surface area contributed by atoms with Crippen molar-refractivity contribution >= 4 is 23.5 Å². The predicted molar refractivity (Wildman–Crippen MR) is 164 cm³/mol. The molecule has 2 heterocycles. The molecule has 0 radical (unpaired) electrons. The van der Waals surface area contributed by atoms with Gasteiger partial charge in [-0.05, 0) is 74.1 Å². The zero-order valence-electron chi connectivity index (χ0n) is 25.1. The van der Waals surface area contributed by atoms with Crippen molar-refractivity contribution in [1.82, 2.24) is 15.1 Å². The number of unbranched alkanes of at least 4 members (excludes halogenated alkanes) is 4. The van der Waals surface area contributed by atoms with Crippen LogP contribution in [0.2, 0.25) is 0 Å². The minimum Gasteiger partial charge on any atom is -0.497 e. The van der Waals surface area contributed by atoms with Crippen molar-refractivity contribution < 1.29 is 23.9 Å². The van der Waals surface area contributed by atoms with Crippen molar-refractivity contribution in [1.29, 1.82) is 0 Å². The number of nitrogens with one attached hydrogen (secondary N) is 2. The van der Waals surface area contributed by atoms with Gasteiger partial charge in [-0.2, -0.15) is 0 Å². The number of likely N-dealkylation sites (tertiary alicyclic amines) is 2. The fourth-order valence-electron chi connectivity index (χ4n) is 5.68. The van der Waals surface area contributed by atoms with Gasteiger partial charge in [-0.3, -0.25) is 9.59 Å². The molecule has 4 rings (SSSR count). The van der Waals surface area contributed by atoms with Crippen LogP contribution < -0.4 is 20.1 Å². The summed E-state index contributed by atoms with van der Waals surface area (Å²) in [5.74, 6) is 1.40. The monoisotopic (exact) mass is 578 g/mol. The first-order valence-electron chi connectivity index (χ1n) is 15.5. The normalized spacial score (nSPS) is 17.1. The molecule has 2 aliphatic rings. The highest BCUT2D eigenvalue weighted by Crippen LogP contribution is 2.25. The molecule has 2 aromatic carbocycles. The summed E-state index contributed by atoms with van der Waals surface area (Å²) < 4.78 is 11.1. The lowest BCUT2D eigenvalue weighted by Gasteiger charge is -2.35. The summed E-state index contributed by atoms with van der Waals surface area (Å²) in [5.41, 5.74) is 1.65. The number of piperidine rings is 1. The average molecular weight is 579 g/mol. The van der Waals surface area contributed by atoms with E-state index in [1.165, 1.54) is 25.7 Å². The molecule has 0 aliphatic carbocycles. The highest BCUT2D eigenvalue weighted by atomic mass is 16.5. The van der Waals surface area contributed by atoms with E-state index in [4.69, 9.17) is 9.47 Å². The molecule has 4 amide bonds. The summed E-state index contributed by atoms with van der Waals surface area (Å²) in [6, 6.07) is 14.3. The average Bonchev–Trinajstić information content (AvgIpc) is 3.52. The number of anilines is 1. The topological polar surface area (TPSA) is 100 Å². The van der Waals surface area contributed by atoms with E-state index in [0.29, 0.717) is 57.7 Å². The highest BCUT2D eigenvalue weighted by molar-refractivity contribution is 5.94. The van der Waals surface area contributed by atoms with Crippen LogP contribution in [0.3, 0.4) is 0 Å². The minimum absolute atomic E-state index is 0.00943. The van der Waals surface area contributed by atoms with Crippen molar-refractivity contribution in [2.75, 3.05) is 38.7 Å². The summed E-state index contributed by atoms with van der Waals surface area (Å²) in [7, 11) is 1.62. The van der Waals surface area contributed by atoms with Crippen molar-refractivity contribution in [2.24, 2.45) is 5.92 Å². The third kappa shape index (κ3) is 8.87. The standard InChI is InChI=1S/C33H46N4O5/c1-3-4-5-6-7-22-42-28-15-13-27(14-16-28)35-33(40)37-19-9-12-30(37)32(39)36-20-17-26(18-21-36)31(38)34-24-25-10-8-11-29(23-25)41-2/h8,10-11,13-16,23,26,30H,3-7,9,12,17-22,24H2,1-2H3,(H,34,38)(H,35,40)/t30-/m0/s1. The van der Waals surface area contributed by atoms with Crippen molar-refractivity contribution in [2.45, 2.75) is 77.3 Å². The first-order chi connectivity index (χ1) is 20.5. The molecule has 0 aromatic heterocycles. The van der Waals surface area contributed by atoms with E-state index in [2.05, 4.69) is 17.6 Å². The molecule has 2 aromatic rings. The summed E-state index contributed by atoms with van der Waals surface area (Å²) in [6.07, 6.45) is 8.62. The van der Waals surface area contributed by atoms with E-state index in [0.717, 1.165) is 29.9 Å². The van der Waals surface area contributed by atoms with E-state index >= 15 is 0 Å². The van der Waals surface area contributed by atoms with Crippen LogP contribution in [0.15, 0.2) is 48.5 Å². The number of carbonyl (C=O) groups excluding carboxylic acids is 3. The highest BCUT2D eigenvalue weighted by Gasteiger charge is 2.38. The molecule has 0 unspecified atom stereocenters. The molecule has 9 nitrogen and oxygen atoms in total. The Morgan fingerprint density at radius 2 is 1.67 bits per heavy atom. The maximum absolute atomic E-state index is 13.4. The molecule has 2 fully saturated rings. The van der Waals surface area contributed by atoms with Gasteiger partial charge in [0.15, 0.2) is 0 Å². The lowest BCUT2D eigenvalue weighted by molar-refractivity contribution is -0.138. The van der Waals surface area contributed by atoms with E-state index in [1.54, 1.807) is 12.0 Å². The Balaban J connectivity index is 1.20. The number of methoxy groups -OCH3 is 1. The quantitative estimate of drug-likeness (QED) is 0.302. The Morgan fingerprint density at radius 3 is 2.40 bits per heavy atom. The van der Waals surface area contributed by atoms with Gasteiger partial charge in [0.05, 0.1) is 13.7 Å². The third-order valence-electron chi connectivity index (χ3n) is 8.20. The first kappa shape index (κ1) is 31.2. The van der Waals surface area contributed by atoms with E-state index in [1.807, 2.05) is 53.4 Å². The number of ether oxygens (including phenoxy) is 2. The molecular weight excluding hydrogens is 532 g/mol.